The van der Waals surface area contributed by atoms with Crippen LogP contribution in [0.2, 0.25) is 0 Å². The number of rotatable bonds is 6. The predicted octanol–water partition coefficient (Wildman–Crippen LogP) is 2.51. The van der Waals surface area contributed by atoms with Crippen LogP contribution in [0.25, 0.3) is 6.08 Å². The first kappa shape index (κ1) is 18.2. The van der Waals surface area contributed by atoms with E-state index in [1.807, 2.05) is 0 Å². The zero-order valence-corrected chi connectivity index (χ0v) is 14.8. The van der Waals surface area contributed by atoms with E-state index in [1.54, 1.807) is 49.6 Å². The molecule has 0 aliphatic carbocycles. The number of imide groups is 1. The minimum atomic E-state index is -0.690. The average molecular weight is 367 g/mol. The molecule has 0 bridgehead atoms. The summed E-state index contributed by atoms with van der Waals surface area (Å²) in [4.78, 5) is 37.3. The van der Waals surface area contributed by atoms with Crippen molar-refractivity contribution in [1.82, 2.24) is 4.90 Å². The van der Waals surface area contributed by atoms with Gasteiger partial charge in [-0.05, 0) is 30.3 Å². The lowest BCUT2D eigenvalue weighted by Gasteiger charge is -2.13. The largest absolute Gasteiger partial charge is 0.497 e. The second-order valence-electron chi connectivity index (χ2n) is 5.62. The van der Waals surface area contributed by atoms with Gasteiger partial charge in [-0.15, -0.1) is 0 Å². The molecule has 0 saturated carbocycles. The van der Waals surface area contributed by atoms with Gasteiger partial charge in [0.15, 0.2) is 6.73 Å². The van der Waals surface area contributed by atoms with E-state index in [9.17, 15) is 14.4 Å². The molecule has 2 amide bonds. The third-order valence-corrected chi connectivity index (χ3v) is 4.05. The highest BCUT2D eigenvalue weighted by Gasteiger charge is 2.35. The van der Waals surface area contributed by atoms with Crippen molar-refractivity contribution in [3.8, 4) is 11.5 Å². The van der Waals surface area contributed by atoms with Crippen LogP contribution in [-0.4, -0.2) is 43.6 Å². The minimum Gasteiger partial charge on any atom is -0.497 e. The maximum absolute atomic E-state index is 12.2. The van der Waals surface area contributed by atoms with E-state index in [4.69, 9.17) is 14.2 Å². The normalized spacial score (nSPS) is 13.0. The summed E-state index contributed by atoms with van der Waals surface area (Å²) >= 11 is 0. The molecule has 7 nitrogen and oxygen atoms in total. The standard InChI is InChI=1S/C20H17NO6/c1-25-14-9-7-13(17(11-14)26-2)8-10-18(22)27-12-21-19(23)15-5-3-4-6-16(15)20(21)24/h3-11H,12H2,1-2H3/b10-8+. The van der Waals surface area contributed by atoms with Crippen LogP contribution in [0, 0.1) is 0 Å². The van der Waals surface area contributed by atoms with Gasteiger partial charge in [-0.3, -0.25) is 9.59 Å². The lowest BCUT2D eigenvalue weighted by Crippen LogP contribution is -2.32. The van der Waals surface area contributed by atoms with Crippen LogP contribution in [0.15, 0.2) is 48.5 Å². The van der Waals surface area contributed by atoms with Gasteiger partial charge in [0.2, 0.25) is 0 Å². The van der Waals surface area contributed by atoms with Gasteiger partial charge in [0, 0.05) is 17.7 Å². The first-order valence-corrected chi connectivity index (χ1v) is 8.07. The van der Waals surface area contributed by atoms with E-state index in [1.165, 1.54) is 19.3 Å². The van der Waals surface area contributed by atoms with Crippen molar-refractivity contribution in [1.29, 1.82) is 0 Å². The van der Waals surface area contributed by atoms with Gasteiger partial charge in [-0.2, -0.15) is 0 Å². The van der Waals surface area contributed by atoms with Crippen molar-refractivity contribution in [3.05, 3.63) is 65.2 Å². The Hall–Kier alpha value is -3.61. The van der Waals surface area contributed by atoms with Gasteiger partial charge < -0.3 is 14.2 Å². The molecule has 0 N–H and O–H groups in total. The molecule has 0 saturated heterocycles. The zero-order valence-electron chi connectivity index (χ0n) is 14.8. The Balaban J connectivity index is 1.63. The first-order chi connectivity index (χ1) is 13.0. The Labute approximate surface area is 155 Å². The number of hydrogen-bond acceptors (Lipinski definition) is 6. The summed E-state index contributed by atoms with van der Waals surface area (Å²) in [6.07, 6.45) is 2.71. The Bertz CT molecular complexity index is 899. The maximum atomic E-state index is 12.2. The third kappa shape index (κ3) is 3.67. The molecule has 2 aromatic rings. The van der Waals surface area contributed by atoms with E-state index in [0.717, 1.165) is 4.90 Å². The van der Waals surface area contributed by atoms with Gasteiger partial charge in [-0.25, -0.2) is 9.69 Å². The number of esters is 1. The zero-order chi connectivity index (χ0) is 19.4. The van der Waals surface area contributed by atoms with Crippen LogP contribution in [0.1, 0.15) is 26.3 Å². The monoisotopic (exact) mass is 367 g/mol. The minimum absolute atomic E-state index is 0.303. The molecule has 0 spiro atoms. The number of hydrogen-bond donors (Lipinski definition) is 0. The summed E-state index contributed by atoms with van der Waals surface area (Å²) in [5.74, 6) is -0.506. The molecular formula is C20H17NO6. The first-order valence-electron chi connectivity index (χ1n) is 8.07. The Morgan fingerprint density at radius 1 is 1.00 bits per heavy atom. The molecule has 1 aliphatic rings. The lowest BCUT2D eigenvalue weighted by molar-refractivity contribution is -0.140. The van der Waals surface area contributed by atoms with Gasteiger partial charge in [0.25, 0.3) is 11.8 Å². The summed E-state index contributed by atoms with van der Waals surface area (Å²) in [5.41, 5.74) is 1.25. The number of carbonyl (C=O) groups excluding carboxylic acids is 3. The summed E-state index contributed by atoms with van der Waals surface area (Å²) in [6.45, 7) is -0.449. The average Bonchev–Trinajstić information content (AvgIpc) is 2.95. The number of amides is 2. The maximum Gasteiger partial charge on any atom is 0.332 e. The van der Waals surface area contributed by atoms with Crippen molar-refractivity contribution in [2.45, 2.75) is 0 Å². The van der Waals surface area contributed by atoms with Crippen LogP contribution in [0.3, 0.4) is 0 Å². The van der Waals surface area contributed by atoms with E-state index in [-0.39, 0.29) is 0 Å². The number of methoxy groups -OCH3 is 2. The molecule has 1 aliphatic heterocycles. The number of carbonyl (C=O) groups is 3. The molecule has 0 fully saturated rings. The summed E-state index contributed by atoms with van der Waals surface area (Å²) in [5, 5.41) is 0. The highest BCUT2D eigenvalue weighted by Crippen LogP contribution is 2.26. The summed E-state index contributed by atoms with van der Waals surface area (Å²) in [7, 11) is 3.05. The van der Waals surface area contributed by atoms with Crippen molar-refractivity contribution in [2.24, 2.45) is 0 Å². The van der Waals surface area contributed by atoms with Crippen molar-refractivity contribution < 1.29 is 28.6 Å². The highest BCUT2D eigenvalue weighted by molar-refractivity contribution is 6.21. The SMILES string of the molecule is COc1ccc(/C=C/C(=O)OCN2C(=O)c3ccccc3C2=O)c(OC)c1. The number of ether oxygens (including phenoxy) is 3. The van der Waals surface area contributed by atoms with Crippen molar-refractivity contribution >= 4 is 23.9 Å². The van der Waals surface area contributed by atoms with Crippen LogP contribution in [-0.2, 0) is 9.53 Å². The third-order valence-electron chi connectivity index (χ3n) is 4.05. The van der Waals surface area contributed by atoms with Crippen molar-refractivity contribution in [3.63, 3.8) is 0 Å². The molecule has 138 valence electrons. The molecular weight excluding hydrogens is 350 g/mol. The predicted molar refractivity (Wildman–Crippen MR) is 96.5 cm³/mol. The number of fused-ring (bicyclic) bond motifs is 1. The molecule has 3 rings (SSSR count). The summed E-state index contributed by atoms with van der Waals surface area (Å²) in [6, 6.07) is 11.6. The van der Waals surface area contributed by atoms with Crippen LogP contribution < -0.4 is 9.47 Å². The van der Waals surface area contributed by atoms with Gasteiger partial charge in [-0.1, -0.05) is 12.1 Å². The van der Waals surface area contributed by atoms with E-state index in [2.05, 4.69) is 0 Å². The second kappa shape index (κ2) is 7.74. The molecule has 1 heterocycles. The molecule has 0 radical (unpaired) electrons. The topological polar surface area (TPSA) is 82.1 Å². The molecule has 0 aromatic heterocycles. The summed E-state index contributed by atoms with van der Waals surface area (Å²) < 4.78 is 15.4. The van der Waals surface area contributed by atoms with E-state index < -0.39 is 24.5 Å². The molecule has 0 atom stereocenters. The lowest BCUT2D eigenvalue weighted by atomic mass is 10.1. The fourth-order valence-corrected chi connectivity index (χ4v) is 2.65. The quantitative estimate of drug-likeness (QED) is 0.443. The van der Waals surface area contributed by atoms with E-state index in [0.29, 0.717) is 28.2 Å². The second-order valence-corrected chi connectivity index (χ2v) is 5.62. The van der Waals surface area contributed by atoms with Crippen LogP contribution in [0.5, 0.6) is 11.5 Å². The molecule has 27 heavy (non-hydrogen) atoms. The molecule has 7 heteroatoms. The fourth-order valence-electron chi connectivity index (χ4n) is 2.65. The molecule has 2 aromatic carbocycles. The van der Waals surface area contributed by atoms with Crippen LogP contribution in [0.4, 0.5) is 0 Å². The van der Waals surface area contributed by atoms with Gasteiger partial charge >= 0.3 is 5.97 Å². The Kier molecular flexibility index (Phi) is 5.21. The fraction of sp³-hybridized carbons (Fsp3) is 0.150. The van der Waals surface area contributed by atoms with Crippen molar-refractivity contribution in [2.75, 3.05) is 21.0 Å². The van der Waals surface area contributed by atoms with Gasteiger partial charge in [0.05, 0.1) is 25.3 Å². The van der Waals surface area contributed by atoms with Crippen LogP contribution >= 0.6 is 0 Å². The van der Waals surface area contributed by atoms with E-state index >= 15 is 0 Å². The smallest absolute Gasteiger partial charge is 0.332 e. The van der Waals surface area contributed by atoms with Gasteiger partial charge in [0.1, 0.15) is 11.5 Å². The highest BCUT2D eigenvalue weighted by atomic mass is 16.5. The Morgan fingerprint density at radius 2 is 1.67 bits per heavy atom. The number of benzene rings is 2. The number of nitrogens with zero attached hydrogens (tertiary/aromatic N) is 1. The Morgan fingerprint density at radius 3 is 2.26 bits per heavy atom. The molecule has 0 unspecified atom stereocenters.